The Morgan fingerprint density at radius 2 is 2.00 bits per heavy atom. The number of rotatable bonds is 4. The second kappa shape index (κ2) is 5.51. The topological polar surface area (TPSA) is 46.2 Å². The number of benzene rings is 1. The summed E-state index contributed by atoms with van der Waals surface area (Å²) in [7, 11) is 0. The third kappa shape index (κ3) is 4.02. The molecule has 0 heterocycles. The summed E-state index contributed by atoms with van der Waals surface area (Å²) < 4.78 is 37.4. The number of aliphatic hydroxyl groups is 1. The summed E-state index contributed by atoms with van der Waals surface area (Å²) in [4.78, 5) is 0. The van der Waals surface area contributed by atoms with Crippen molar-refractivity contribution in [2.45, 2.75) is 38.1 Å². The molecule has 0 radical (unpaired) electrons. The van der Waals surface area contributed by atoms with E-state index in [4.69, 9.17) is 5.73 Å². The molecule has 1 aromatic rings. The Kier molecular flexibility index (Phi) is 4.54. The van der Waals surface area contributed by atoms with Gasteiger partial charge in [-0.2, -0.15) is 13.2 Å². The van der Waals surface area contributed by atoms with Crippen LogP contribution in [0.5, 0.6) is 0 Å². The van der Waals surface area contributed by atoms with Gasteiger partial charge in [0.25, 0.3) is 0 Å². The van der Waals surface area contributed by atoms with E-state index in [1.54, 1.807) is 0 Å². The predicted molar refractivity (Wildman–Crippen MR) is 59.3 cm³/mol. The van der Waals surface area contributed by atoms with Crippen LogP contribution in [0.15, 0.2) is 24.3 Å². The van der Waals surface area contributed by atoms with Crippen molar-refractivity contribution in [1.29, 1.82) is 0 Å². The van der Waals surface area contributed by atoms with E-state index in [0.717, 1.165) is 12.1 Å². The zero-order valence-corrected chi connectivity index (χ0v) is 9.54. The fourth-order valence-corrected chi connectivity index (χ4v) is 1.51. The van der Waals surface area contributed by atoms with Crippen LogP contribution in [0, 0.1) is 0 Å². The van der Waals surface area contributed by atoms with Crippen LogP contribution in [0.1, 0.15) is 37.0 Å². The average Bonchev–Trinajstić information content (AvgIpc) is 2.28. The standard InChI is InChI=1S/C12H16F3NO/c1-2-10(16)7-11(17)8-4-3-5-9(6-8)12(13,14)15/h3-6,10-11,17H,2,7,16H2,1H3. The number of alkyl halides is 3. The lowest BCUT2D eigenvalue weighted by Crippen LogP contribution is -2.21. The van der Waals surface area contributed by atoms with E-state index in [9.17, 15) is 18.3 Å². The Balaban J connectivity index is 2.84. The predicted octanol–water partition coefficient (Wildman–Crippen LogP) is 2.87. The van der Waals surface area contributed by atoms with Crippen LogP contribution in [-0.4, -0.2) is 11.1 Å². The van der Waals surface area contributed by atoms with Gasteiger partial charge in [-0.15, -0.1) is 0 Å². The first-order valence-electron chi connectivity index (χ1n) is 5.45. The van der Waals surface area contributed by atoms with Gasteiger partial charge in [0.05, 0.1) is 11.7 Å². The largest absolute Gasteiger partial charge is 0.416 e. The van der Waals surface area contributed by atoms with Crippen molar-refractivity contribution >= 4 is 0 Å². The van der Waals surface area contributed by atoms with Crippen LogP contribution in [0.25, 0.3) is 0 Å². The van der Waals surface area contributed by atoms with Crippen LogP contribution in [0.4, 0.5) is 13.2 Å². The lowest BCUT2D eigenvalue weighted by atomic mass is 9.99. The van der Waals surface area contributed by atoms with Crippen molar-refractivity contribution in [3.8, 4) is 0 Å². The third-order valence-corrected chi connectivity index (χ3v) is 2.65. The van der Waals surface area contributed by atoms with Crippen LogP contribution >= 0.6 is 0 Å². The van der Waals surface area contributed by atoms with E-state index in [-0.39, 0.29) is 18.0 Å². The number of hydrogen-bond acceptors (Lipinski definition) is 2. The molecule has 17 heavy (non-hydrogen) atoms. The van der Waals surface area contributed by atoms with Gasteiger partial charge in [0.15, 0.2) is 0 Å². The second-order valence-electron chi connectivity index (χ2n) is 4.04. The Morgan fingerprint density at radius 1 is 1.35 bits per heavy atom. The Bertz CT molecular complexity index is 365. The van der Waals surface area contributed by atoms with Crippen molar-refractivity contribution in [1.82, 2.24) is 0 Å². The van der Waals surface area contributed by atoms with Crippen molar-refractivity contribution in [2.24, 2.45) is 5.73 Å². The summed E-state index contributed by atoms with van der Waals surface area (Å²) in [6.07, 6.45) is -4.40. The van der Waals surface area contributed by atoms with E-state index in [1.165, 1.54) is 12.1 Å². The molecule has 5 heteroatoms. The fourth-order valence-electron chi connectivity index (χ4n) is 1.51. The summed E-state index contributed by atoms with van der Waals surface area (Å²) in [5.41, 5.74) is 5.16. The monoisotopic (exact) mass is 247 g/mol. The fraction of sp³-hybridized carbons (Fsp3) is 0.500. The van der Waals surface area contributed by atoms with Crippen LogP contribution in [0.3, 0.4) is 0 Å². The molecule has 1 rings (SSSR count). The molecule has 0 amide bonds. The number of halogens is 3. The van der Waals surface area contributed by atoms with Gasteiger partial charge in [-0.05, 0) is 30.5 Å². The number of aliphatic hydroxyl groups excluding tert-OH is 1. The van der Waals surface area contributed by atoms with Crippen molar-refractivity contribution in [3.63, 3.8) is 0 Å². The highest BCUT2D eigenvalue weighted by Crippen LogP contribution is 2.31. The lowest BCUT2D eigenvalue weighted by molar-refractivity contribution is -0.137. The minimum atomic E-state index is -4.39. The molecule has 0 bridgehead atoms. The zero-order valence-electron chi connectivity index (χ0n) is 9.54. The zero-order chi connectivity index (χ0) is 13.1. The molecule has 0 saturated carbocycles. The van der Waals surface area contributed by atoms with Crippen LogP contribution < -0.4 is 5.73 Å². The quantitative estimate of drug-likeness (QED) is 0.859. The Labute approximate surface area is 98.3 Å². The van der Waals surface area contributed by atoms with Gasteiger partial charge in [0.2, 0.25) is 0 Å². The SMILES string of the molecule is CCC(N)CC(O)c1cccc(C(F)(F)F)c1. The minimum Gasteiger partial charge on any atom is -0.388 e. The molecule has 0 aromatic heterocycles. The van der Waals surface area contributed by atoms with Gasteiger partial charge in [0.1, 0.15) is 0 Å². The van der Waals surface area contributed by atoms with Crippen LogP contribution in [-0.2, 0) is 6.18 Å². The van der Waals surface area contributed by atoms with Crippen molar-refractivity contribution < 1.29 is 18.3 Å². The maximum atomic E-state index is 12.5. The summed E-state index contributed by atoms with van der Waals surface area (Å²) in [6, 6.07) is 4.50. The minimum absolute atomic E-state index is 0.209. The molecule has 96 valence electrons. The Morgan fingerprint density at radius 3 is 2.53 bits per heavy atom. The summed E-state index contributed by atoms with van der Waals surface area (Å²) in [5.74, 6) is 0. The third-order valence-electron chi connectivity index (χ3n) is 2.65. The number of nitrogens with two attached hydrogens (primary N) is 1. The van der Waals surface area contributed by atoms with Gasteiger partial charge in [-0.25, -0.2) is 0 Å². The highest BCUT2D eigenvalue weighted by Gasteiger charge is 2.30. The maximum absolute atomic E-state index is 12.5. The van der Waals surface area contributed by atoms with E-state index >= 15 is 0 Å². The van der Waals surface area contributed by atoms with E-state index in [2.05, 4.69) is 0 Å². The van der Waals surface area contributed by atoms with E-state index < -0.39 is 17.8 Å². The van der Waals surface area contributed by atoms with Gasteiger partial charge in [-0.3, -0.25) is 0 Å². The first kappa shape index (κ1) is 14.0. The van der Waals surface area contributed by atoms with Crippen LogP contribution in [0.2, 0.25) is 0 Å². The molecule has 0 fully saturated rings. The lowest BCUT2D eigenvalue weighted by Gasteiger charge is -2.16. The van der Waals surface area contributed by atoms with Gasteiger partial charge < -0.3 is 10.8 Å². The van der Waals surface area contributed by atoms with Gasteiger partial charge in [-0.1, -0.05) is 19.1 Å². The molecule has 2 unspecified atom stereocenters. The first-order chi connectivity index (χ1) is 7.84. The molecule has 0 aliphatic carbocycles. The molecule has 2 atom stereocenters. The molecule has 0 spiro atoms. The summed E-state index contributed by atoms with van der Waals surface area (Å²) in [6.45, 7) is 1.86. The van der Waals surface area contributed by atoms with Crippen molar-refractivity contribution in [3.05, 3.63) is 35.4 Å². The molecule has 2 nitrogen and oxygen atoms in total. The van der Waals surface area contributed by atoms with Gasteiger partial charge in [0, 0.05) is 6.04 Å². The molecular weight excluding hydrogens is 231 g/mol. The smallest absolute Gasteiger partial charge is 0.388 e. The summed E-state index contributed by atoms with van der Waals surface area (Å²) >= 11 is 0. The highest BCUT2D eigenvalue weighted by molar-refractivity contribution is 5.27. The molecule has 1 aromatic carbocycles. The maximum Gasteiger partial charge on any atom is 0.416 e. The number of hydrogen-bond donors (Lipinski definition) is 2. The summed E-state index contributed by atoms with van der Waals surface area (Å²) in [5, 5.41) is 9.76. The molecule has 0 aliphatic heterocycles. The van der Waals surface area contributed by atoms with Crippen molar-refractivity contribution in [2.75, 3.05) is 0 Å². The first-order valence-corrected chi connectivity index (χ1v) is 5.45. The van der Waals surface area contributed by atoms with Gasteiger partial charge >= 0.3 is 6.18 Å². The second-order valence-corrected chi connectivity index (χ2v) is 4.04. The normalized spacial score (nSPS) is 15.6. The Hall–Kier alpha value is -1.07. The molecular formula is C12H16F3NO. The van der Waals surface area contributed by atoms with E-state index in [0.29, 0.717) is 6.42 Å². The molecule has 0 aliphatic rings. The van der Waals surface area contributed by atoms with E-state index in [1.807, 2.05) is 6.92 Å². The highest BCUT2D eigenvalue weighted by atomic mass is 19.4. The molecule has 0 saturated heterocycles. The molecule has 3 N–H and O–H groups in total. The average molecular weight is 247 g/mol.